The highest BCUT2D eigenvalue weighted by atomic mass is 35.5. The van der Waals surface area contributed by atoms with Gasteiger partial charge in [-0.3, -0.25) is 4.79 Å². The van der Waals surface area contributed by atoms with Gasteiger partial charge in [0.15, 0.2) is 0 Å². The van der Waals surface area contributed by atoms with Crippen LogP contribution in [0.3, 0.4) is 0 Å². The molecule has 1 saturated carbocycles. The molecule has 1 aromatic carbocycles. The fraction of sp³-hybridized carbons (Fsp3) is 0.438. The molecule has 1 heterocycles. The molecule has 5 heteroatoms. The minimum Gasteiger partial charge on any atom is -0.393 e. The van der Waals surface area contributed by atoms with Gasteiger partial charge in [0.2, 0.25) is 5.91 Å². The largest absolute Gasteiger partial charge is 0.393 e. The van der Waals surface area contributed by atoms with Crippen LogP contribution >= 0.6 is 23.2 Å². The van der Waals surface area contributed by atoms with Crippen molar-refractivity contribution < 1.29 is 9.90 Å². The van der Waals surface area contributed by atoms with E-state index in [1.165, 1.54) is 6.08 Å². The molecule has 3 nitrogen and oxygen atoms in total. The lowest BCUT2D eigenvalue weighted by Gasteiger charge is -2.16. The van der Waals surface area contributed by atoms with E-state index in [9.17, 15) is 9.90 Å². The molecule has 1 N–H and O–H groups in total. The second kappa shape index (κ2) is 5.99. The van der Waals surface area contributed by atoms with Crippen molar-refractivity contribution in [1.29, 1.82) is 0 Å². The maximum absolute atomic E-state index is 12.2. The van der Waals surface area contributed by atoms with Crippen LogP contribution in [0.4, 0.5) is 0 Å². The van der Waals surface area contributed by atoms with E-state index in [-0.39, 0.29) is 17.9 Å². The van der Waals surface area contributed by atoms with Gasteiger partial charge in [-0.15, -0.1) is 0 Å². The lowest BCUT2D eigenvalue weighted by atomic mass is 10.00. The molecular formula is C16H17Cl2NO2. The van der Waals surface area contributed by atoms with Gasteiger partial charge in [0.1, 0.15) is 0 Å². The molecule has 1 aromatic rings. The number of amides is 1. The maximum atomic E-state index is 12.2. The van der Waals surface area contributed by atoms with Crippen molar-refractivity contribution in [3.63, 3.8) is 0 Å². The number of aliphatic hydroxyl groups is 1. The monoisotopic (exact) mass is 325 g/mol. The predicted octanol–water partition coefficient (Wildman–Crippen LogP) is 3.24. The highest BCUT2D eigenvalue weighted by molar-refractivity contribution is 6.42. The van der Waals surface area contributed by atoms with Gasteiger partial charge in [0, 0.05) is 25.1 Å². The summed E-state index contributed by atoms with van der Waals surface area (Å²) in [5.74, 6) is 0.664. The molecule has 3 unspecified atom stereocenters. The molecule has 1 aliphatic carbocycles. The first-order chi connectivity index (χ1) is 10.1. The number of benzene rings is 1. The second-order valence-electron chi connectivity index (χ2n) is 5.79. The molecule has 3 rings (SSSR count). The first kappa shape index (κ1) is 14.9. The zero-order chi connectivity index (χ0) is 15.0. The molecular weight excluding hydrogens is 309 g/mol. The van der Waals surface area contributed by atoms with E-state index in [0.29, 0.717) is 22.5 Å². The normalized spacial score (nSPS) is 28.3. The van der Waals surface area contributed by atoms with Crippen LogP contribution in [0.1, 0.15) is 18.4 Å². The molecule has 2 aliphatic rings. The molecule has 3 atom stereocenters. The molecule has 0 aromatic heterocycles. The summed E-state index contributed by atoms with van der Waals surface area (Å²) in [6.45, 7) is 1.40. The average Bonchev–Trinajstić information content (AvgIpc) is 3.03. The van der Waals surface area contributed by atoms with E-state index in [4.69, 9.17) is 23.2 Å². The second-order valence-corrected chi connectivity index (χ2v) is 6.57. The van der Waals surface area contributed by atoms with Crippen LogP contribution in [0.2, 0.25) is 10.0 Å². The topological polar surface area (TPSA) is 40.5 Å². The van der Waals surface area contributed by atoms with Crippen molar-refractivity contribution in [3.05, 3.63) is 39.9 Å². The van der Waals surface area contributed by atoms with Crippen molar-refractivity contribution >= 4 is 35.2 Å². The zero-order valence-electron chi connectivity index (χ0n) is 11.5. The summed E-state index contributed by atoms with van der Waals surface area (Å²) < 4.78 is 0. The van der Waals surface area contributed by atoms with E-state index in [2.05, 4.69) is 0 Å². The minimum atomic E-state index is -0.251. The van der Waals surface area contributed by atoms with E-state index in [1.807, 2.05) is 11.0 Å². The van der Waals surface area contributed by atoms with Crippen molar-refractivity contribution in [3.8, 4) is 0 Å². The van der Waals surface area contributed by atoms with Gasteiger partial charge in [-0.2, -0.15) is 0 Å². The number of likely N-dealkylation sites (tertiary alicyclic amines) is 1. The zero-order valence-corrected chi connectivity index (χ0v) is 13.0. The third kappa shape index (κ3) is 2.96. The average molecular weight is 326 g/mol. The van der Waals surface area contributed by atoms with Crippen molar-refractivity contribution in [2.75, 3.05) is 13.1 Å². The molecule has 21 heavy (non-hydrogen) atoms. The molecule has 1 amide bonds. The van der Waals surface area contributed by atoms with Gasteiger partial charge in [0.25, 0.3) is 0 Å². The summed E-state index contributed by atoms with van der Waals surface area (Å²) in [6, 6.07) is 5.33. The summed E-state index contributed by atoms with van der Waals surface area (Å²) in [5.41, 5.74) is 0.733. The van der Waals surface area contributed by atoms with Gasteiger partial charge in [-0.1, -0.05) is 35.3 Å². The number of hydrogen-bond acceptors (Lipinski definition) is 2. The van der Waals surface area contributed by atoms with Crippen molar-refractivity contribution in [2.45, 2.75) is 18.9 Å². The Morgan fingerprint density at radius 1 is 1.29 bits per heavy atom. The summed E-state index contributed by atoms with van der Waals surface area (Å²) in [4.78, 5) is 14.0. The molecule has 0 spiro atoms. The Kier molecular flexibility index (Phi) is 4.25. The van der Waals surface area contributed by atoms with Crippen LogP contribution in [-0.2, 0) is 4.79 Å². The lowest BCUT2D eigenvalue weighted by Crippen LogP contribution is -2.29. The van der Waals surface area contributed by atoms with Crippen LogP contribution in [0.15, 0.2) is 24.3 Å². The Hall–Kier alpha value is -1.03. The first-order valence-electron chi connectivity index (χ1n) is 7.15. The number of hydrogen-bond donors (Lipinski definition) is 1. The van der Waals surface area contributed by atoms with Crippen LogP contribution in [0.25, 0.3) is 6.08 Å². The summed E-state index contributed by atoms with van der Waals surface area (Å²) in [6.07, 6.45) is 4.86. The van der Waals surface area contributed by atoms with Gasteiger partial charge in [-0.05, 0) is 36.5 Å². The molecule has 112 valence electrons. The highest BCUT2D eigenvalue weighted by Gasteiger charge is 2.42. The van der Waals surface area contributed by atoms with Crippen molar-refractivity contribution in [2.24, 2.45) is 11.8 Å². The third-order valence-electron chi connectivity index (χ3n) is 4.52. The molecule has 0 radical (unpaired) electrons. The number of aliphatic hydroxyl groups excluding tert-OH is 1. The number of rotatable bonds is 2. The molecule has 1 saturated heterocycles. The Labute approximate surface area is 134 Å². The van der Waals surface area contributed by atoms with Crippen LogP contribution < -0.4 is 0 Å². The fourth-order valence-corrected chi connectivity index (χ4v) is 3.70. The van der Waals surface area contributed by atoms with Crippen molar-refractivity contribution in [1.82, 2.24) is 4.90 Å². The summed E-state index contributed by atoms with van der Waals surface area (Å²) in [7, 11) is 0. The van der Waals surface area contributed by atoms with Crippen LogP contribution in [-0.4, -0.2) is 35.1 Å². The fourth-order valence-electron chi connectivity index (χ4n) is 3.33. The summed E-state index contributed by atoms with van der Waals surface area (Å²) in [5, 5.41) is 10.8. The lowest BCUT2D eigenvalue weighted by molar-refractivity contribution is -0.125. The molecule has 1 aliphatic heterocycles. The highest BCUT2D eigenvalue weighted by Crippen LogP contribution is 2.38. The Morgan fingerprint density at radius 3 is 2.86 bits per heavy atom. The van der Waals surface area contributed by atoms with Crippen LogP contribution in [0, 0.1) is 11.8 Å². The quantitative estimate of drug-likeness (QED) is 0.848. The van der Waals surface area contributed by atoms with Crippen LogP contribution in [0.5, 0.6) is 0 Å². The SMILES string of the molecule is O=C(/C=C/c1cccc(Cl)c1Cl)N1CC2CCC(O)C2C1. The number of fused-ring (bicyclic) bond motifs is 1. The summed E-state index contributed by atoms with van der Waals surface area (Å²) >= 11 is 12.0. The molecule has 0 bridgehead atoms. The van der Waals surface area contributed by atoms with Gasteiger partial charge >= 0.3 is 0 Å². The predicted molar refractivity (Wildman–Crippen MR) is 84.3 cm³/mol. The van der Waals surface area contributed by atoms with E-state index >= 15 is 0 Å². The van der Waals surface area contributed by atoms with Gasteiger partial charge < -0.3 is 10.0 Å². The van der Waals surface area contributed by atoms with Gasteiger partial charge in [-0.25, -0.2) is 0 Å². The standard InChI is InChI=1S/C16H17Cl2NO2/c17-13-3-1-2-10(16(13)18)5-7-15(21)19-8-11-4-6-14(20)12(11)9-19/h1-3,5,7,11-12,14,20H,4,6,8-9H2/b7-5+. The third-order valence-corrected chi connectivity index (χ3v) is 5.35. The number of nitrogens with zero attached hydrogens (tertiary/aromatic N) is 1. The Morgan fingerprint density at radius 2 is 2.10 bits per heavy atom. The van der Waals surface area contributed by atoms with E-state index in [1.54, 1.807) is 18.2 Å². The van der Waals surface area contributed by atoms with E-state index < -0.39 is 0 Å². The smallest absolute Gasteiger partial charge is 0.246 e. The Balaban J connectivity index is 1.67. The van der Waals surface area contributed by atoms with E-state index in [0.717, 1.165) is 24.9 Å². The first-order valence-corrected chi connectivity index (χ1v) is 7.91. The molecule has 2 fully saturated rings. The Bertz CT molecular complexity index is 588. The number of carbonyl (C=O) groups excluding carboxylic acids is 1. The number of carbonyl (C=O) groups is 1. The maximum Gasteiger partial charge on any atom is 0.246 e. The van der Waals surface area contributed by atoms with Gasteiger partial charge in [0.05, 0.1) is 16.1 Å². The number of halogens is 2. The minimum absolute atomic E-state index is 0.0346.